The molecule has 0 amide bonds. The van der Waals surface area contributed by atoms with E-state index >= 15 is 0 Å². The molecule has 0 radical (unpaired) electrons. The van der Waals surface area contributed by atoms with E-state index in [4.69, 9.17) is 11.6 Å². The number of nitrogens with zero attached hydrogens (tertiary/aromatic N) is 2. The number of hydrogen-bond acceptors (Lipinski definition) is 1. The second-order valence-electron chi connectivity index (χ2n) is 4.14. The molecule has 0 aliphatic rings. The Bertz CT molecular complexity index is 517. The van der Waals surface area contributed by atoms with Crippen LogP contribution < -0.4 is 0 Å². The second-order valence-corrected chi connectivity index (χ2v) is 5.32. The molecule has 2 rings (SSSR count). The lowest BCUT2D eigenvalue weighted by molar-refractivity contribution is 0.472. The monoisotopic (exact) mass is 314 g/mol. The molecule has 0 bridgehead atoms. The molecule has 0 aliphatic heterocycles. The van der Waals surface area contributed by atoms with E-state index in [9.17, 15) is 0 Å². The molecule has 1 aromatic heterocycles. The van der Waals surface area contributed by atoms with Crippen LogP contribution in [0.3, 0.4) is 0 Å². The van der Waals surface area contributed by atoms with Gasteiger partial charge in [-0.2, -0.15) is 0 Å². The van der Waals surface area contributed by atoms with Gasteiger partial charge in [-0.3, -0.25) is 0 Å². The molecule has 92 valence electrons. The van der Waals surface area contributed by atoms with E-state index in [1.165, 1.54) is 5.52 Å². The Morgan fingerprint density at radius 3 is 2.65 bits per heavy atom. The Morgan fingerprint density at radius 1 is 1.35 bits per heavy atom. The van der Waals surface area contributed by atoms with E-state index in [1.54, 1.807) is 0 Å². The van der Waals surface area contributed by atoms with E-state index in [2.05, 4.69) is 51.5 Å². The maximum absolute atomic E-state index is 6.01. The molecule has 17 heavy (non-hydrogen) atoms. The molecule has 0 saturated carbocycles. The number of alkyl halides is 1. The van der Waals surface area contributed by atoms with Crippen molar-refractivity contribution >= 4 is 38.6 Å². The number of benzene rings is 1. The summed E-state index contributed by atoms with van der Waals surface area (Å²) in [5.74, 6) is 1.43. The maximum atomic E-state index is 6.01. The zero-order valence-corrected chi connectivity index (χ0v) is 12.4. The van der Waals surface area contributed by atoms with Gasteiger partial charge in [0.25, 0.3) is 0 Å². The first-order chi connectivity index (χ1) is 8.21. The van der Waals surface area contributed by atoms with Crippen LogP contribution in [-0.2, 0) is 5.88 Å². The molecule has 0 aliphatic carbocycles. The molecule has 1 heterocycles. The van der Waals surface area contributed by atoms with Crippen molar-refractivity contribution in [3.05, 3.63) is 28.5 Å². The zero-order chi connectivity index (χ0) is 12.4. The molecule has 0 spiro atoms. The number of aromatic nitrogens is 2. The van der Waals surface area contributed by atoms with Crippen LogP contribution in [0.2, 0.25) is 0 Å². The Balaban J connectivity index is 2.65. The quantitative estimate of drug-likeness (QED) is 0.734. The summed E-state index contributed by atoms with van der Waals surface area (Å²) in [6, 6.07) is 6.70. The summed E-state index contributed by atoms with van der Waals surface area (Å²) in [6.07, 6.45) is 2.20. The highest BCUT2D eigenvalue weighted by molar-refractivity contribution is 9.10. The van der Waals surface area contributed by atoms with Crippen LogP contribution in [0.4, 0.5) is 0 Å². The third-order valence-corrected chi connectivity index (χ3v) is 3.88. The first kappa shape index (κ1) is 12.9. The number of fused-ring (bicyclic) bond motifs is 1. The molecule has 0 fully saturated rings. The van der Waals surface area contributed by atoms with Crippen molar-refractivity contribution in [2.24, 2.45) is 0 Å². The van der Waals surface area contributed by atoms with Gasteiger partial charge < -0.3 is 4.57 Å². The van der Waals surface area contributed by atoms with Crippen LogP contribution in [0, 0.1) is 0 Å². The van der Waals surface area contributed by atoms with Gasteiger partial charge in [-0.15, -0.1) is 11.6 Å². The fourth-order valence-electron chi connectivity index (χ4n) is 2.28. The van der Waals surface area contributed by atoms with Gasteiger partial charge in [0.05, 0.1) is 16.9 Å². The van der Waals surface area contributed by atoms with Gasteiger partial charge in [-0.25, -0.2) is 4.98 Å². The Morgan fingerprint density at radius 2 is 2.06 bits per heavy atom. The van der Waals surface area contributed by atoms with Gasteiger partial charge in [0.1, 0.15) is 5.82 Å². The van der Waals surface area contributed by atoms with Crippen LogP contribution in [0.15, 0.2) is 22.7 Å². The van der Waals surface area contributed by atoms with Gasteiger partial charge in [0.15, 0.2) is 0 Å². The molecule has 4 heteroatoms. The van der Waals surface area contributed by atoms with Gasteiger partial charge in [-0.05, 0) is 31.0 Å². The molecular formula is C13H16BrClN2. The van der Waals surface area contributed by atoms with Crippen LogP contribution >= 0.6 is 27.5 Å². The fourth-order valence-corrected chi connectivity index (χ4v) is 2.81. The summed E-state index contributed by atoms with van der Waals surface area (Å²) in [5, 5.41) is 0. The molecule has 0 unspecified atom stereocenters. The minimum atomic E-state index is 0.461. The van der Waals surface area contributed by atoms with Crippen LogP contribution in [0.5, 0.6) is 0 Å². The third-order valence-electron chi connectivity index (χ3n) is 3.15. The summed E-state index contributed by atoms with van der Waals surface area (Å²) in [6.45, 7) is 4.41. The highest BCUT2D eigenvalue weighted by atomic mass is 79.9. The molecule has 0 atom stereocenters. The van der Waals surface area contributed by atoms with Crippen molar-refractivity contribution in [2.75, 3.05) is 0 Å². The maximum Gasteiger partial charge on any atom is 0.125 e. The van der Waals surface area contributed by atoms with Gasteiger partial charge in [0, 0.05) is 10.5 Å². The van der Waals surface area contributed by atoms with Crippen molar-refractivity contribution in [1.29, 1.82) is 0 Å². The number of imidazole rings is 1. The number of halogens is 2. The fraction of sp³-hybridized carbons (Fsp3) is 0.462. The lowest BCUT2D eigenvalue weighted by atomic mass is 10.1. The molecular weight excluding hydrogens is 300 g/mol. The summed E-state index contributed by atoms with van der Waals surface area (Å²) in [4.78, 5) is 4.61. The van der Waals surface area contributed by atoms with E-state index in [0.29, 0.717) is 11.9 Å². The largest absolute Gasteiger partial charge is 0.324 e. The van der Waals surface area contributed by atoms with Crippen molar-refractivity contribution in [1.82, 2.24) is 9.55 Å². The van der Waals surface area contributed by atoms with Crippen molar-refractivity contribution in [3.8, 4) is 0 Å². The molecule has 2 nitrogen and oxygen atoms in total. The van der Waals surface area contributed by atoms with Crippen molar-refractivity contribution in [2.45, 2.75) is 38.6 Å². The predicted molar refractivity (Wildman–Crippen MR) is 76.6 cm³/mol. The molecule has 0 N–H and O–H groups in total. The number of rotatable bonds is 4. The minimum absolute atomic E-state index is 0.461. The first-order valence-corrected chi connectivity index (χ1v) is 7.26. The molecule has 1 aromatic carbocycles. The predicted octanol–water partition coefficient (Wildman–Crippen LogP) is 4.90. The third kappa shape index (κ3) is 2.36. The van der Waals surface area contributed by atoms with Gasteiger partial charge in [0.2, 0.25) is 0 Å². The van der Waals surface area contributed by atoms with Crippen LogP contribution in [-0.4, -0.2) is 9.55 Å². The summed E-state index contributed by atoms with van der Waals surface area (Å²) in [7, 11) is 0. The van der Waals surface area contributed by atoms with E-state index in [-0.39, 0.29) is 0 Å². The Kier molecular flexibility index (Phi) is 4.10. The smallest absolute Gasteiger partial charge is 0.125 e. The lowest BCUT2D eigenvalue weighted by Crippen LogP contribution is -2.09. The molecule has 0 saturated heterocycles. The summed E-state index contributed by atoms with van der Waals surface area (Å²) < 4.78 is 3.34. The van der Waals surface area contributed by atoms with Gasteiger partial charge >= 0.3 is 0 Å². The topological polar surface area (TPSA) is 17.8 Å². The van der Waals surface area contributed by atoms with Gasteiger partial charge in [-0.1, -0.05) is 29.8 Å². The zero-order valence-electron chi connectivity index (χ0n) is 10.1. The standard InChI is InChI=1S/C13H16BrClN2/c1-3-10(4-2)17-12-6-5-9(14)7-11(12)16-13(17)8-15/h5-7,10H,3-4,8H2,1-2H3. The van der Waals surface area contributed by atoms with Crippen LogP contribution in [0.25, 0.3) is 11.0 Å². The average molecular weight is 316 g/mol. The Labute approximate surface area is 115 Å². The Hall–Kier alpha value is -0.540. The minimum Gasteiger partial charge on any atom is -0.324 e. The van der Waals surface area contributed by atoms with Crippen molar-refractivity contribution in [3.63, 3.8) is 0 Å². The molecule has 2 aromatic rings. The van der Waals surface area contributed by atoms with Crippen LogP contribution in [0.1, 0.15) is 38.6 Å². The SMILES string of the molecule is CCC(CC)n1c(CCl)nc2cc(Br)ccc21. The van der Waals surface area contributed by atoms with E-state index in [1.807, 2.05) is 6.07 Å². The second kappa shape index (κ2) is 5.40. The lowest BCUT2D eigenvalue weighted by Gasteiger charge is -2.18. The number of hydrogen-bond donors (Lipinski definition) is 0. The highest BCUT2D eigenvalue weighted by Gasteiger charge is 2.16. The first-order valence-electron chi connectivity index (χ1n) is 5.93. The summed E-state index contributed by atoms with van der Waals surface area (Å²) in [5.41, 5.74) is 2.19. The van der Waals surface area contributed by atoms with E-state index < -0.39 is 0 Å². The average Bonchev–Trinajstić information content (AvgIpc) is 2.69. The summed E-state index contributed by atoms with van der Waals surface area (Å²) >= 11 is 9.48. The highest BCUT2D eigenvalue weighted by Crippen LogP contribution is 2.28. The van der Waals surface area contributed by atoms with E-state index in [0.717, 1.165) is 28.7 Å². The van der Waals surface area contributed by atoms with Crippen molar-refractivity contribution < 1.29 is 0 Å². The normalized spacial score (nSPS) is 11.6.